The highest BCUT2D eigenvalue weighted by atomic mass is 32.1. The van der Waals surface area contributed by atoms with Crippen LogP contribution in [0.3, 0.4) is 0 Å². The Morgan fingerprint density at radius 2 is 1.25 bits per heavy atom. The second-order valence-corrected chi connectivity index (χ2v) is 7.79. The van der Waals surface area contributed by atoms with E-state index < -0.39 is 0 Å². The van der Waals surface area contributed by atoms with E-state index >= 15 is 0 Å². The molecule has 0 amide bonds. The summed E-state index contributed by atoms with van der Waals surface area (Å²) in [6.07, 6.45) is 0. The molecule has 4 aromatic rings. The first kappa shape index (κ1) is 15.2. The molecule has 0 saturated heterocycles. The number of hydrogen-bond acceptors (Lipinski definition) is 4. The van der Waals surface area contributed by atoms with Gasteiger partial charge in [0.15, 0.2) is 10.0 Å². The highest BCUT2D eigenvalue weighted by Gasteiger charge is 2.18. The van der Waals surface area contributed by atoms with Gasteiger partial charge >= 0.3 is 0 Å². The van der Waals surface area contributed by atoms with E-state index in [2.05, 4.69) is 67.4 Å². The molecule has 0 bridgehead atoms. The van der Waals surface area contributed by atoms with E-state index in [9.17, 15) is 0 Å². The second kappa shape index (κ2) is 6.30. The number of aryl methyl sites for hydroxylation is 2. The first-order chi connectivity index (χ1) is 11.7. The number of nitrogens with zero attached hydrogens (tertiary/aromatic N) is 2. The maximum atomic E-state index is 4.95. The van der Waals surface area contributed by atoms with Crippen molar-refractivity contribution in [3.05, 3.63) is 71.2 Å². The second-order valence-electron chi connectivity index (χ2n) is 5.59. The zero-order valence-corrected chi connectivity index (χ0v) is 15.1. The third-order valence-corrected chi connectivity index (χ3v) is 6.24. The summed E-state index contributed by atoms with van der Waals surface area (Å²) in [4.78, 5) is 12.1. The van der Waals surface area contributed by atoms with Crippen LogP contribution >= 0.6 is 22.7 Å². The van der Waals surface area contributed by atoms with Crippen molar-refractivity contribution in [1.82, 2.24) is 9.97 Å². The van der Waals surface area contributed by atoms with E-state index in [0.29, 0.717) is 0 Å². The summed E-state index contributed by atoms with van der Waals surface area (Å²) in [6, 6.07) is 20.8. The van der Waals surface area contributed by atoms with E-state index in [1.807, 2.05) is 12.1 Å². The van der Waals surface area contributed by atoms with Crippen LogP contribution in [0.25, 0.3) is 31.7 Å². The molecule has 2 heterocycles. The standard InChI is InChI=1S/C20H16N2S2/c1-13-14(2)23-19(21-13)20-22-17(15-9-5-3-6-10-15)18(24-20)16-11-7-4-8-12-16/h3-12H,1-2H3. The molecule has 2 nitrogen and oxygen atoms in total. The maximum absolute atomic E-state index is 4.95. The summed E-state index contributed by atoms with van der Waals surface area (Å²) in [5, 5.41) is 2.00. The largest absolute Gasteiger partial charge is 0.239 e. The molecule has 0 atom stereocenters. The predicted molar refractivity (Wildman–Crippen MR) is 104 cm³/mol. The van der Waals surface area contributed by atoms with Crippen LogP contribution in [0.1, 0.15) is 10.6 Å². The van der Waals surface area contributed by atoms with Crippen molar-refractivity contribution in [1.29, 1.82) is 0 Å². The molecule has 0 aliphatic carbocycles. The molecular formula is C20H16N2S2. The van der Waals surface area contributed by atoms with Crippen molar-refractivity contribution in [2.75, 3.05) is 0 Å². The molecule has 0 aliphatic heterocycles. The van der Waals surface area contributed by atoms with Crippen LogP contribution in [-0.2, 0) is 0 Å². The van der Waals surface area contributed by atoms with Crippen molar-refractivity contribution < 1.29 is 0 Å². The highest BCUT2D eigenvalue weighted by molar-refractivity contribution is 7.23. The van der Waals surface area contributed by atoms with Crippen LogP contribution in [0.2, 0.25) is 0 Å². The first-order valence-corrected chi connectivity index (χ1v) is 9.42. The summed E-state index contributed by atoms with van der Waals surface area (Å²) in [5.41, 5.74) is 4.47. The summed E-state index contributed by atoms with van der Waals surface area (Å²) in [5.74, 6) is 0. The fourth-order valence-electron chi connectivity index (χ4n) is 2.55. The van der Waals surface area contributed by atoms with E-state index in [0.717, 1.165) is 27.0 Å². The minimum absolute atomic E-state index is 0.994. The Balaban J connectivity index is 1.91. The topological polar surface area (TPSA) is 25.8 Å². The Bertz CT molecular complexity index is 893. The third-order valence-electron chi connectivity index (χ3n) is 3.92. The van der Waals surface area contributed by atoms with Gasteiger partial charge in [-0.1, -0.05) is 60.7 Å². The molecule has 4 rings (SSSR count). The Kier molecular flexibility index (Phi) is 4.00. The summed E-state index contributed by atoms with van der Waals surface area (Å²) >= 11 is 3.44. The molecule has 2 aromatic heterocycles. The van der Waals surface area contributed by atoms with E-state index in [-0.39, 0.29) is 0 Å². The zero-order chi connectivity index (χ0) is 16.5. The van der Waals surface area contributed by atoms with Gasteiger partial charge in [0.2, 0.25) is 0 Å². The van der Waals surface area contributed by atoms with Gasteiger partial charge in [-0.15, -0.1) is 22.7 Å². The molecule has 0 fully saturated rings. The molecule has 24 heavy (non-hydrogen) atoms. The van der Waals surface area contributed by atoms with Crippen LogP contribution in [0, 0.1) is 13.8 Å². The van der Waals surface area contributed by atoms with Crippen LogP contribution in [0.15, 0.2) is 60.7 Å². The van der Waals surface area contributed by atoms with Gasteiger partial charge in [-0.25, -0.2) is 9.97 Å². The number of benzene rings is 2. The molecule has 0 N–H and O–H groups in total. The van der Waals surface area contributed by atoms with Crippen molar-refractivity contribution >= 4 is 22.7 Å². The monoisotopic (exact) mass is 348 g/mol. The SMILES string of the molecule is Cc1nc(-c2nc(-c3ccccc3)c(-c3ccccc3)s2)sc1C. The van der Waals surface area contributed by atoms with Crippen LogP contribution < -0.4 is 0 Å². The fourth-order valence-corrected chi connectivity index (χ4v) is 4.58. The molecule has 118 valence electrons. The molecule has 0 aliphatic rings. The fraction of sp³-hybridized carbons (Fsp3) is 0.100. The zero-order valence-electron chi connectivity index (χ0n) is 13.5. The normalized spacial score (nSPS) is 10.9. The van der Waals surface area contributed by atoms with Gasteiger partial charge in [0.25, 0.3) is 0 Å². The number of aromatic nitrogens is 2. The third kappa shape index (κ3) is 2.79. The number of thiazole rings is 2. The van der Waals surface area contributed by atoms with Gasteiger partial charge in [0.1, 0.15) is 0 Å². The smallest absolute Gasteiger partial charge is 0.153 e. The lowest BCUT2D eigenvalue weighted by Crippen LogP contribution is -1.82. The average Bonchev–Trinajstić information content (AvgIpc) is 3.21. The Labute approximate surface area is 149 Å². The first-order valence-electron chi connectivity index (χ1n) is 7.78. The Hall–Kier alpha value is -2.30. The van der Waals surface area contributed by atoms with Gasteiger partial charge in [-0.2, -0.15) is 0 Å². The van der Waals surface area contributed by atoms with E-state index in [1.165, 1.54) is 15.3 Å². The van der Waals surface area contributed by atoms with Crippen molar-refractivity contribution in [3.63, 3.8) is 0 Å². The lowest BCUT2D eigenvalue weighted by molar-refractivity contribution is 1.22. The predicted octanol–water partition coefficient (Wildman–Crippen LogP) is 6.22. The van der Waals surface area contributed by atoms with Gasteiger partial charge in [-0.3, -0.25) is 0 Å². The average molecular weight is 348 g/mol. The number of rotatable bonds is 3. The Morgan fingerprint density at radius 3 is 1.83 bits per heavy atom. The Morgan fingerprint density at radius 1 is 0.667 bits per heavy atom. The summed E-state index contributed by atoms with van der Waals surface area (Å²) < 4.78 is 0. The summed E-state index contributed by atoms with van der Waals surface area (Å²) in [6.45, 7) is 4.17. The van der Waals surface area contributed by atoms with Crippen molar-refractivity contribution in [2.24, 2.45) is 0 Å². The van der Waals surface area contributed by atoms with Gasteiger partial charge in [-0.05, 0) is 19.4 Å². The van der Waals surface area contributed by atoms with Crippen LogP contribution in [0.5, 0.6) is 0 Å². The van der Waals surface area contributed by atoms with Gasteiger partial charge < -0.3 is 0 Å². The van der Waals surface area contributed by atoms with Crippen molar-refractivity contribution in [3.8, 4) is 31.7 Å². The molecule has 0 radical (unpaired) electrons. The minimum atomic E-state index is 0.994. The summed E-state index contributed by atoms with van der Waals surface area (Å²) in [7, 11) is 0. The van der Waals surface area contributed by atoms with E-state index in [4.69, 9.17) is 4.98 Å². The van der Waals surface area contributed by atoms with Crippen LogP contribution in [-0.4, -0.2) is 9.97 Å². The molecule has 2 aromatic carbocycles. The van der Waals surface area contributed by atoms with Gasteiger partial charge in [0.05, 0.1) is 16.3 Å². The minimum Gasteiger partial charge on any atom is -0.239 e. The quantitative estimate of drug-likeness (QED) is 0.439. The molecule has 0 spiro atoms. The molecule has 0 unspecified atom stereocenters. The molecule has 4 heteroatoms. The van der Waals surface area contributed by atoms with Gasteiger partial charge in [0, 0.05) is 10.4 Å². The van der Waals surface area contributed by atoms with Crippen molar-refractivity contribution in [2.45, 2.75) is 13.8 Å². The van der Waals surface area contributed by atoms with E-state index in [1.54, 1.807) is 22.7 Å². The molecule has 0 saturated carbocycles. The lowest BCUT2D eigenvalue weighted by Gasteiger charge is -2.02. The highest BCUT2D eigenvalue weighted by Crippen LogP contribution is 2.41. The number of hydrogen-bond donors (Lipinski definition) is 0. The maximum Gasteiger partial charge on any atom is 0.153 e. The molecular weight excluding hydrogens is 332 g/mol. The lowest BCUT2D eigenvalue weighted by atomic mass is 10.1. The van der Waals surface area contributed by atoms with Crippen LogP contribution in [0.4, 0.5) is 0 Å².